The van der Waals surface area contributed by atoms with Crippen LogP contribution in [0.15, 0.2) is 18.7 Å². The van der Waals surface area contributed by atoms with E-state index >= 15 is 0 Å². The molecule has 0 bridgehead atoms. The van der Waals surface area contributed by atoms with Crippen LogP contribution in [-0.4, -0.2) is 44.6 Å². The number of nitrogens with one attached hydrogen (secondary N) is 1. The predicted octanol–water partition coefficient (Wildman–Crippen LogP) is 1.23. The van der Waals surface area contributed by atoms with E-state index in [0.717, 1.165) is 43.1 Å². The van der Waals surface area contributed by atoms with Gasteiger partial charge in [-0.1, -0.05) is 0 Å². The van der Waals surface area contributed by atoms with Crippen LogP contribution < -0.4 is 10.2 Å². The maximum absolute atomic E-state index is 12.3. The molecule has 1 unspecified atom stereocenters. The Labute approximate surface area is 135 Å². The number of carbonyl (C=O) groups is 1. The van der Waals surface area contributed by atoms with Crippen molar-refractivity contribution < 1.29 is 4.79 Å². The van der Waals surface area contributed by atoms with E-state index in [1.54, 1.807) is 23.3 Å². The van der Waals surface area contributed by atoms with Crippen LogP contribution >= 0.6 is 0 Å². The Hall–Kier alpha value is -2.44. The highest BCUT2D eigenvalue weighted by molar-refractivity contribution is 5.92. The summed E-state index contributed by atoms with van der Waals surface area (Å²) in [4.78, 5) is 27.5. The summed E-state index contributed by atoms with van der Waals surface area (Å²) >= 11 is 0. The minimum atomic E-state index is -0.0797. The molecule has 1 fully saturated rings. The third kappa shape index (κ3) is 3.33. The number of aromatic nitrogens is 4. The Morgan fingerprint density at radius 1 is 1.35 bits per heavy atom. The lowest BCUT2D eigenvalue weighted by atomic mass is 10.1. The van der Waals surface area contributed by atoms with E-state index in [0.29, 0.717) is 5.69 Å². The van der Waals surface area contributed by atoms with Crippen molar-refractivity contribution >= 4 is 11.7 Å². The minimum absolute atomic E-state index is 0.0797. The lowest BCUT2D eigenvalue weighted by molar-refractivity contribution is 0.0925. The molecule has 0 aromatic carbocycles. The van der Waals surface area contributed by atoms with Gasteiger partial charge in [-0.3, -0.25) is 9.78 Å². The molecular formula is C16H22N6O. The largest absolute Gasteiger partial charge is 0.353 e. The second kappa shape index (κ2) is 6.36. The van der Waals surface area contributed by atoms with Crippen LogP contribution in [0.3, 0.4) is 0 Å². The molecule has 7 nitrogen and oxygen atoms in total. The van der Waals surface area contributed by atoms with E-state index in [2.05, 4.69) is 25.2 Å². The van der Waals surface area contributed by atoms with Crippen molar-refractivity contribution in [2.75, 3.05) is 18.0 Å². The number of carbonyl (C=O) groups excluding carboxylic acids is 1. The molecule has 0 spiro atoms. The van der Waals surface area contributed by atoms with Gasteiger partial charge in [-0.2, -0.15) is 0 Å². The Morgan fingerprint density at radius 3 is 2.91 bits per heavy atom. The second-order valence-corrected chi connectivity index (χ2v) is 6.07. The zero-order chi connectivity index (χ0) is 16.4. The van der Waals surface area contributed by atoms with Crippen molar-refractivity contribution in [1.82, 2.24) is 24.8 Å². The average molecular weight is 314 g/mol. The van der Waals surface area contributed by atoms with E-state index in [4.69, 9.17) is 0 Å². The molecule has 1 N–H and O–H groups in total. The fourth-order valence-corrected chi connectivity index (χ4v) is 2.95. The van der Waals surface area contributed by atoms with Crippen LogP contribution in [0.1, 0.15) is 34.7 Å². The first-order valence-corrected chi connectivity index (χ1v) is 7.87. The van der Waals surface area contributed by atoms with E-state index in [9.17, 15) is 4.79 Å². The number of nitrogens with zero attached hydrogens (tertiary/aromatic N) is 5. The highest BCUT2D eigenvalue weighted by atomic mass is 16.2. The van der Waals surface area contributed by atoms with Crippen LogP contribution in [0.2, 0.25) is 0 Å². The van der Waals surface area contributed by atoms with Crippen LogP contribution in [0.4, 0.5) is 5.82 Å². The average Bonchev–Trinajstić information content (AvgIpc) is 2.96. The van der Waals surface area contributed by atoms with E-state index in [1.807, 2.05) is 20.9 Å². The molecule has 1 aliphatic heterocycles. The van der Waals surface area contributed by atoms with Crippen molar-refractivity contribution in [3.63, 3.8) is 0 Å². The molecule has 122 valence electrons. The third-order valence-electron chi connectivity index (χ3n) is 4.16. The molecule has 1 saturated heterocycles. The van der Waals surface area contributed by atoms with E-state index in [-0.39, 0.29) is 11.9 Å². The fourth-order valence-electron chi connectivity index (χ4n) is 2.95. The van der Waals surface area contributed by atoms with E-state index < -0.39 is 0 Å². The normalized spacial score (nSPS) is 18.0. The standard InChI is InChI=1S/C16H22N6O/c1-11-7-18-12(2)15(19-11)22-6-4-5-13(9-22)20-16(23)14-8-17-10-21(14)3/h7-8,10,13H,4-6,9H2,1-3H3,(H,20,23). The zero-order valence-corrected chi connectivity index (χ0v) is 13.8. The van der Waals surface area contributed by atoms with Gasteiger partial charge in [0.05, 0.1) is 23.9 Å². The van der Waals surface area contributed by atoms with Gasteiger partial charge in [0.2, 0.25) is 0 Å². The molecule has 0 saturated carbocycles. The third-order valence-corrected chi connectivity index (χ3v) is 4.16. The van der Waals surface area contributed by atoms with Gasteiger partial charge in [0.1, 0.15) is 11.5 Å². The SMILES string of the molecule is Cc1cnc(C)c(N2CCCC(NC(=O)c3cncn3C)C2)n1. The van der Waals surface area contributed by atoms with Gasteiger partial charge < -0.3 is 14.8 Å². The summed E-state index contributed by atoms with van der Waals surface area (Å²) in [5.74, 6) is 0.841. The number of hydrogen-bond acceptors (Lipinski definition) is 5. The smallest absolute Gasteiger partial charge is 0.269 e. The fraction of sp³-hybridized carbons (Fsp3) is 0.500. The first-order valence-electron chi connectivity index (χ1n) is 7.87. The van der Waals surface area contributed by atoms with Crippen LogP contribution in [-0.2, 0) is 7.05 Å². The van der Waals surface area contributed by atoms with Gasteiger partial charge in [-0.05, 0) is 26.7 Å². The quantitative estimate of drug-likeness (QED) is 0.922. The molecule has 3 heterocycles. The highest BCUT2D eigenvalue weighted by Gasteiger charge is 2.24. The van der Waals surface area contributed by atoms with Crippen LogP contribution in [0, 0.1) is 13.8 Å². The topological polar surface area (TPSA) is 75.9 Å². The number of piperidine rings is 1. The second-order valence-electron chi connectivity index (χ2n) is 6.07. The summed E-state index contributed by atoms with van der Waals surface area (Å²) in [5.41, 5.74) is 2.41. The Morgan fingerprint density at radius 2 is 2.17 bits per heavy atom. The van der Waals surface area contributed by atoms with Gasteiger partial charge in [0.25, 0.3) is 5.91 Å². The van der Waals surface area contributed by atoms with Crippen molar-refractivity contribution in [1.29, 1.82) is 0 Å². The molecule has 1 aliphatic rings. The number of aryl methyl sites for hydroxylation is 3. The first-order chi connectivity index (χ1) is 11.0. The first kappa shape index (κ1) is 15.5. The molecule has 3 rings (SSSR count). The summed E-state index contributed by atoms with van der Waals surface area (Å²) in [7, 11) is 1.82. The summed E-state index contributed by atoms with van der Waals surface area (Å²) < 4.78 is 1.73. The lowest BCUT2D eigenvalue weighted by Crippen LogP contribution is -2.48. The Bertz CT molecular complexity index is 710. The van der Waals surface area contributed by atoms with Crippen LogP contribution in [0.5, 0.6) is 0 Å². The molecule has 7 heteroatoms. The Kier molecular flexibility index (Phi) is 4.27. The van der Waals surface area contributed by atoms with Crippen molar-refractivity contribution in [3.05, 3.63) is 35.8 Å². The summed E-state index contributed by atoms with van der Waals surface area (Å²) in [5, 5.41) is 3.11. The van der Waals surface area contributed by atoms with Gasteiger partial charge in [-0.15, -0.1) is 0 Å². The maximum atomic E-state index is 12.3. The molecular weight excluding hydrogens is 292 g/mol. The number of imidazole rings is 1. The zero-order valence-electron chi connectivity index (χ0n) is 13.8. The van der Waals surface area contributed by atoms with Gasteiger partial charge >= 0.3 is 0 Å². The molecule has 0 radical (unpaired) electrons. The number of anilines is 1. The highest BCUT2D eigenvalue weighted by Crippen LogP contribution is 2.20. The molecule has 23 heavy (non-hydrogen) atoms. The van der Waals surface area contributed by atoms with Gasteiger partial charge in [0.15, 0.2) is 0 Å². The van der Waals surface area contributed by atoms with Gasteiger partial charge in [-0.25, -0.2) is 9.97 Å². The van der Waals surface area contributed by atoms with E-state index in [1.165, 1.54) is 0 Å². The van der Waals surface area contributed by atoms with Crippen molar-refractivity contribution in [2.24, 2.45) is 7.05 Å². The molecule has 2 aromatic rings. The predicted molar refractivity (Wildman–Crippen MR) is 87.4 cm³/mol. The Balaban J connectivity index is 1.70. The van der Waals surface area contributed by atoms with Crippen molar-refractivity contribution in [2.45, 2.75) is 32.7 Å². The summed E-state index contributed by atoms with van der Waals surface area (Å²) in [6.07, 6.45) is 6.99. The number of rotatable bonds is 3. The minimum Gasteiger partial charge on any atom is -0.353 e. The summed E-state index contributed by atoms with van der Waals surface area (Å²) in [6.45, 7) is 5.61. The summed E-state index contributed by atoms with van der Waals surface area (Å²) in [6, 6.07) is 0.105. The lowest BCUT2D eigenvalue weighted by Gasteiger charge is -2.34. The van der Waals surface area contributed by atoms with Crippen molar-refractivity contribution in [3.8, 4) is 0 Å². The van der Waals surface area contributed by atoms with Gasteiger partial charge in [0, 0.05) is 32.4 Å². The molecule has 0 aliphatic carbocycles. The number of amides is 1. The number of hydrogen-bond donors (Lipinski definition) is 1. The monoisotopic (exact) mass is 314 g/mol. The molecule has 1 amide bonds. The molecule has 1 atom stereocenters. The maximum Gasteiger partial charge on any atom is 0.269 e. The van der Waals surface area contributed by atoms with Crippen LogP contribution in [0.25, 0.3) is 0 Å². The molecule has 2 aromatic heterocycles.